The monoisotopic (exact) mass is 365 g/mol. The first kappa shape index (κ1) is 17.4. The Hall–Kier alpha value is -3.03. The van der Waals surface area contributed by atoms with Crippen LogP contribution in [0.15, 0.2) is 59.1 Å². The molecular weight excluding hydrogens is 346 g/mol. The Morgan fingerprint density at radius 1 is 1.15 bits per heavy atom. The Morgan fingerprint density at radius 2 is 1.93 bits per heavy atom. The molecule has 1 N–H and O–H groups in total. The largest absolute Gasteiger partial charge is 0.478 e. The zero-order chi connectivity index (χ0) is 18.6. The molecule has 1 aliphatic rings. The molecule has 27 heavy (non-hydrogen) atoms. The van der Waals surface area contributed by atoms with Crippen LogP contribution in [0.25, 0.3) is 11.4 Å². The van der Waals surface area contributed by atoms with Crippen LogP contribution < -0.4 is 0 Å². The number of benzene rings is 2. The molecule has 2 heterocycles. The molecule has 0 saturated carbocycles. The van der Waals surface area contributed by atoms with Gasteiger partial charge in [0.25, 0.3) is 0 Å². The van der Waals surface area contributed by atoms with Crippen molar-refractivity contribution in [3.63, 3.8) is 0 Å². The molecule has 0 bridgehead atoms. The predicted octanol–water partition coefficient (Wildman–Crippen LogP) is 3.01. The molecule has 7 nitrogen and oxygen atoms in total. The minimum absolute atomic E-state index is 0.136. The number of rotatable bonds is 5. The molecule has 4 rings (SSSR count). The number of carboxylic acid groups (broad SMARTS) is 1. The first-order valence-electron chi connectivity index (χ1n) is 8.74. The van der Waals surface area contributed by atoms with Crippen LogP contribution in [0.4, 0.5) is 0 Å². The van der Waals surface area contributed by atoms with Crippen LogP contribution in [0.2, 0.25) is 0 Å². The molecule has 0 spiro atoms. The number of carboxylic acids is 1. The second kappa shape index (κ2) is 7.69. The topological polar surface area (TPSA) is 88.7 Å². The smallest absolute Gasteiger partial charge is 0.335 e. The number of aromatic carboxylic acids is 1. The van der Waals surface area contributed by atoms with Crippen molar-refractivity contribution in [3.8, 4) is 11.4 Å². The first-order valence-corrected chi connectivity index (χ1v) is 8.74. The second-order valence-corrected chi connectivity index (χ2v) is 6.39. The average molecular weight is 365 g/mol. The van der Waals surface area contributed by atoms with Crippen LogP contribution in [-0.4, -0.2) is 45.9 Å². The van der Waals surface area contributed by atoms with E-state index in [1.165, 1.54) is 0 Å². The van der Waals surface area contributed by atoms with Crippen molar-refractivity contribution in [2.45, 2.75) is 12.6 Å². The van der Waals surface area contributed by atoms with E-state index in [2.05, 4.69) is 15.0 Å². The maximum Gasteiger partial charge on any atom is 0.335 e. The number of carbonyl (C=O) groups is 1. The highest BCUT2D eigenvalue weighted by Crippen LogP contribution is 2.27. The van der Waals surface area contributed by atoms with Crippen molar-refractivity contribution in [1.82, 2.24) is 15.0 Å². The number of aromatic nitrogens is 2. The third-order valence-corrected chi connectivity index (χ3v) is 4.58. The van der Waals surface area contributed by atoms with Crippen LogP contribution >= 0.6 is 0 Å². The van der Waals surface area contributed by atoms with Crippen LogP contribution in [-0.2, 0) is 11.3 Å². The van der Waals surface area contributed by atoms with E-state index in [0.29, 0.717) is 31.5 Å². The van der Waals surface area contributed by atoms with E-state index in [1.807, 2.05) is 42.5 Å². The molecule has 0 aliphatic carbocycles. The molecular formula is C20H19N3O4. The van der Waals surface area contributed by atoms with E-state index >= 15 is 0 Å². The van der Waals surface area contributed by atoms with Gasteiger partial charge in [0.15, 0.2) is 0 Å². The maximum atomic E-state index is 11.0. The number of hydrogen-bond acceptors (Lipinski definition) is 6. The molecule has 1 fully saturated rings. The van der Waals surface area contributed by atoms with Gasteiger partial charge in [0.1, 0.15) is 6.04 Å². The van der Waals surface area contributed by atoms with Gasteiger partial charge in [-0.05, 0) is 17.7 Å². The zero-order valence-electron chi connectivity index (χ0n) is 14.6. The lowest BCUT2D eigenvalue weighted by molar-refractivity contribution is -0.0241. The van der Waals surface area contributed by atoms with Gasteiger partial charge in [-0.15, -0.1) is 0 Å². The molecule has 1 atom stereocenters. The van der Waals surface area contributed by atoms with E-state index in [9.17, 15) is 4.79 Å². The normalized spacial score (nSPS) is 17.7. The molecule has 0 radical (unpaired) electrons. The molecule has 1 saturated heterocycles. The van der Waals surface area contributed by atoms with Crippen molar-refractivity contribution < 1.29 is 19.2 Å². The first-order chi connectivity index (χ1) is 13.2. The van der Waals surface area contributed by atoms with Gasteiger partial charge in [0.05, 0.1) is 18.8 Å². The van der Waals surface area contributed by atoms with Crippen molar-refractivity contribution in [3.05, 3.63) is 71.6 Å². The lowest BCUT2D eigenvalue weighted by atomic mass is 10.1. The summed E-state index contributed by atoms with van der Waals surface area (Å²) < 4.78 is 11.1. The standard InChI is InChI=1S/C20H19N3O4/c24-20(25)16-8-6-14(7-9-16)12-23-10-11-26-13-17(23)19-21-18(22-27-19)15-4-2-1-3-5-15/h1-9,17H,10-13H2,(H,24,25). The van der Waals surface area contributed by atoms with Crippen LogP contribution in [0, 0.1) is 0 Å². The van der Waals surface area contributed by atoms with Gasteiger partial charge in [-0.1, -0.05) is 47.6 Å². The van der Waals surface area contributed by atoms with Gasteiger partial charge in [-0.25, -0.2) is 4.79 Å². The molecule has 1 unspecified atom stereocenters. The molecule has 1 aliphatic heterocycles. The summed E-state index contributed by atoms with van der Waals surface area (Å²) in [5.41, 5.74) is 2.21. The Bertz CT molecular complexity index is 908. The summed E-state index contributed by atoms with van der Waals surface area (Å²) in [5, 5.41) is 13.1. The third-order valence-electron chi connectivity index (χ3n) is 4.58. The fraction of sp³-hybridized carbons (Fsp3) is 0.250. The van der Waals surface area contributed by atoms with Gasteiger partial charge in [-0.3, -0.25) is 4.90 Å². The van der Waals surface area contributed by atoms with E-state index in [4.69, 9.17) is 14.4 Å². The van der Waals surface area contributed by atoms with Gasteiger partial charge in [-0.2, -0.15) is 4.98 Å². The van der Waals surface area contributed by atoms with Crippen LogP contribution in [0.5, 0.6) is 0 Å². The molecule has 2 aromatic carbocycles. The summed E-state index contributed by atoms with van der Waals surface area (Å²) in [7, 11) is 0. The summed E-state index contributed by atoms with van der Waals surface area (Å²) in [6.07, 6.45) is 0. The summed E-state index contributed by atoms with van der Waals surface area (Å²) in [6.45, 7) is 2.48. The Kier molecular flexibility index (Phi) is 4.95. The fourth-order valence-corrected chi connectivity index (χ4v) is 3.12. The molecule has 0 amide bonds. The quantitative estimate of drug-likeness (QED) is 0.743. The van der Waals surface area contributed by atoms with Crippen molar-refractivity contribution in [2.24, 2.45) is 0 Å². The summed E-state index contributed by atoms with van der Waals surface area (Å²) in [5.74, 6) is 0.155. The van der Waals surface area contributed by atoms with Crippen molar-refractivity contribution >= 4 is 5.97 Å². The Labute approximate surface area is 156 Å². The average Bonchev–Trinajstić information content (AvgIpc) is 3.19. The number of hydrogen-bond donors (Lipinski definition) is 1. The van der Waals surface area contributed by atoms with E-state index in [-0.39, 0.29) is 11.6 Å². The van der Waals surface area contributed by atoms with E-state index in [0.717, 1.165) is 17.7 Å². The molecule has 3 aromatic rings. The highest BCUT2D eigenvalue weighted by Gasteiger charge is 2.29. The van der Waals surface area contributed by atoms with E-state index < -0.39 is 5.97 Å². The lowest BCUT2D eigenvalue weighted by Gasteiger charge is -2.33. The second-order valence-electron chi connectivity index (χ2n) is 6.39. The summed E-state index contributed by atoms with van der Waals surface area (Å²) >= 11 is 0. The summed E-state index contributed by atoms with van der Waals surface area (Å²) in [6, 6.07) is 16.4. The van der Waals surface area contributed by atoms with Crippen molar-refractivity contribution in [2.75, 3.05) is 19.8 Å². The van der Waals surface area contributed by atoms with Crippen LogP contribution in [0.3, 0.4) is 0 Å². The van der Waals surface area contributed by atoms with Gasteiger partial charge < -0.3 is 14.4 Å². The highest BCUT2D eigenvalue weighted by molar-refractivity contribution is 5.87. The minimum atomic E-state index is -0.926. The van der Waals surface area contributed by atoms with Gasteiger partial charge >= 0.3 is 5.97 Å². The van der Waals surface area contributed by atoms with Gasteiger partial charge in [0, 0.05) is 18.7 Å². The summed E-state index contributed by atoms with van der Waals surface area (Å²) in [4.78, 5) is 17.8. The predicted molar refractivity (Wildman–Crippen MR) is 97.1 cm³/mol. The molecule has 138 valence electrons. The SMILES string of the molecule is O=C(O)c1ccc(CN2CCOCC2c2nc(-c3ccccc3)no2)cc1. The highest BCUT2D eigenvalue weighted by atomic mass is 16.5. The molecule has 7 heteroatoms. The third kappa shape index (κ3) is 3.89. The van der Waals surface area contributed by atoms with Gasteiger partial charge in [0.2, 0.25) is 11.7 Å². The van der Waals surface area contributed by atoms with Crippen molar-refractivity contribution in [1.29, 1.82) is 0 Å². The fourth-order valence-electron chi connectivity index (χ4n) is 3.12. The maximum absolute atomic E-state index is 11.0. The van der Waals surface area contributed by atoms with E-state index in [1.54, 1.807) is 12.1 Å². The zero-order valence-corrected chi connectivity index (χ0v) is 14.6. The number of morpholine rings is 1. The lowest BCUT2D eigenvalue weighted by Crippen LogP contribution is -2.39. The Balaban J connectivity index is 1.52. The molecule has 1 aromatic heterocycles. The number of nitrogens with zero attached hydrogens (tertiary/aromatic N) is 3. The number of ether oxygens (including phenoxy) is 1. The Morgan fingerprint density at radius 3 is 2.67 bits per heavy atom. The van der Waals surface area contributed by atoms with Crippen LogP contribution in [0.1, 0.15) is 27.9 Å². The minimum Gasteiger partial charge on any atom is -0.478 e.